The summed E-state index contributed by atoms with van der Waals surface area (Å²) < 4.78 is 0.275. The van der Waals surface area contributed by atoms with Crippen molar-refractivity contribution >= 4 is 18.1 Å². The van der Waals surface area contributed by atoms with Gasteiger partial charge in [0.25, 0.3) is 5.56 Å². The fraction of sp³-hybridized carbons (Fsp3) is 0.286. The number of hydrogen-bond acceptors (Lipinski definition) is 3. The van der Waals surface area contributed by atoms with E-state index >= 15 is 0 Å². The third-order valence-corrected chi connectivity index (χ3v) is 1.64. The first-order valence-corrected chi connectivity index (χ1v) is 4.06. The normalized spacial score (nSPS) is 9.62. The zero-order chi connectivity index (χ0) is 9.84. The molecule has 3 N–H and O–H groups in total. The van der Waals surface area contributed by atoms with Gasteiger partial charge in [-0.15, -0.1) is 0 Å². The van der Waals surface area contributed by atoms with Crippen LogP contribution < -0.4 is 10.9 Å². The lowest BCUT2D eigenvalue weighted by Crippen LogP contribution is -2.24. The Kier molecular flexibility index (Phi) is 2.97. The first-order valence-electron chi connectivity index (χ1n) is 3.65. The minimum Gasteiger partial charge on any atom is -0.352 e. The maximum absolute atomic E-state index is 11.2. The van der Waals surface area contributed by atoms with Crippen LogP contribution in [0.15, 0.2) is 11.0 Å². The Morgan fingerprint density at radius 3 is 2.92 bits per heavy atom. The molecule has 1 aromatic rings. The zero-order valence-corrected chi connectivity index (χ0v) is 7.83. The van der Waals surface area contributed by atoms with Gasteiger partial charge in [-0.05, 0) is 12.2 Å². The molecule has 0 fully saturated rings. The van der Waals surface area contributed by atoms with Crippen LogP contribution >= 0.6 is 12.2 Å². The lowest BCUT2D eigenvalue weighted by molar-refractivity contribution is -0.119. The maximum Gasteiger partial charge on any atom is 0.256 e. The largest absolute Gasteiger partial charge is 0.352 e. The standard InChI is InChI=1S/C7H9N3O2S/c1-4(11)8-2-5-3-9-7(13)10-6(5)12/h3H,2H2,1H3,(H,8,11)(H2,9,10,12,13). The van der Waals surface area contributed by atoms with Crippen molar-refractivity contribution in [3.63, 3.8) is 0 Å². The average Bonchev–Trinajstić information content (AvgIpc) is 2.02. The van der Waals surface area contributed by atoms with Gasteiger partial charge in [-0.3, -0.25) is 14.6 Å². The van der Waals surface area contributed by atoms with Crippen LogP contribution in [0.4, 0.5) is 0 Å². The minimum absolute atomic E-state index is 0.179. The lowest BCUT2D eigenvalue weighted by Gasteiger charge is -1.99. The molecule has 0 bridgehead atoms. The molecule has 6 heteroatoms. The van der Waals surface area contributed by atoms with E-state index in [0.717, 1.165) is 0 Å². The second kappa shape index (κ2) is 3.99. The number of carbonyl (C=O) groups excluding carboxylic acids is 1. The van der Waals surface area contributed by atoms with Crippen molar-refractivity contribution in [3.8, 4) is 0 Å². The number of aromatic amines is 2. The van der Waals surface area contributed by atoms with Crippen LogP contribution in [0.25, 0.3) is 0 Å². The van der Waals surface area contributed by atoms with Crippen LogP contribution in [0.1, 0.15) is 12.5 Å². The molecule has 0 atom stereocenters. The van der Waals surface area contributed by atoms with Crippen molar-refractivity contribution in [3.05, 3.63) is 26.9 Å². The second-order valence-electron chi connectivity index (χ2n) is 2.51. The first kappa shape index (κ1) is 9.66. The Hall–Kier alpha value is -1.43. The molecule has 70 valence electrons. The van der Waals surface area contributed by atoms with E-state index in [0.29, 0.717) is 5.56 Å². The summed E-state index contributed by atoms with van der Waals surface area (Å²) in [6, 6.07) is 0. The van der Waals surface area contributed by atoms with E-state index in [1.165, 1.54) is 13.1 Å². The Bertz CT molecular complexity index is 420. The molecule has 0 radical (unpaired) electrons. The SMILES string of the molecule is CC(=O)NCc1c[nH]c(=S)[nH]c1=O. The van der Waals surface area contributed by atoms with E-state index < -0.39 is 0 Å². The molecule has 13 heavy (non-hydrogen) atoms. The molecule has 1 rings (SSSR count). The molecular formula is C7H9N3O2S. The summed E-state index contributed by atoms with van der Waals surface area (Å²) in [5.74, 6) is -0.179. The topological polar surface area (TPSA) is 77.8 Å². The highest BCUT2D eigenvalue weighted by Gasteiger charge is 1.98. The van der Waals surface area contributed by atoms with Crippen LogP contribution in [0.3, 0.4) is 0 Å². The third-order valence-electron chi connectivity index (χ3n) is 1.42. The quantitative estimate of drug-likeness (QED) is 0.590. The average molecular weight is 199 g/mol. The van der Waals surface area contributed by atoms with Gasteiger partial charge in [-0.25, -0.2) is 0 Å². The zero-order valence-electron chi connectivity index (χ0n) is 7.01. The number of aromatic nitrogens is 2. The summed E-state index contributed by atoms with van der Waals surface area (Å²) in [5, 5.41) is 2.51. The van der Waals surface area contributed by atoms with Crippen LogP contribution in [-0.2, 0) is 11.3 Å². The Morgan fingerprint density at radius 2 is 2.38 bits per heavy atom. The lowest BCUT2D eigenvalue weighted by atomic mass is 10.3. The van der Waals surface area contributed by atoms with E-state index in [1.54, 1.807) is 0 Å². The number of amides is 1. The van der Waals surface area contributed by atoms with Crippen LogP contribution in [0.2, 0.25) is 0 Å². The van der Waals surface area contributed by atoms with Crippen molar-refractivity contribution in [2.45, 2.75) is 13.5 Å². The van der Waals surface area contributed by atoms with Gasteiger partial charge in [0, 0.05) is 19.7 Å². The number of nitrogens with one attached hydrogen (secondary N) is 3. The van der Waals surface area contributed by atoms with E-state index in [9.17, 15) is 9.59 Å². The number of H-pyrrole nitrogens is 2. The van der Waals surface area contributed by atoms with E-state index in [-0.39, 0.29) is 22.8 Å². The summed E-state index contributed by atoms with van der Waals surface area (Å²) in [7, 11) is 0. The molecule has 0 saturated heterocycles. The van der Waals surface area contributed by atoms with E-state index in [1.807, 2.05) is 0 Å². The van der Waals surface area contributed by atoms with E-state index in [2.05, 4.69) is 15.3 Å². The summed E-state index contributed by atoms with van der Waals surface area (Å²) in [5.41, 5.74) is 0.168. The molecule has 0 aliphatic rings. The molecule has 0 aliphatic heterocycles. The smallest absolute Gasteiger partial charge is 0.256 e. The molecule has 5 nitrogen and oxygen atoms in total. The van der Waals surface area contributed by atoms with Crippen LogP contribution in [-0.4, -0.2) is 15.9 Å². The molecule has 0 aromatic carbocycles. The third kappa shape index (κ3) is 2.83. The molecule has 0 unspecified atom stereocenters. The minimum atomic E-state index is -0.280. The van der Waals surface area contributed by atoms with Crippen molar-refractivity contribution in [1.29, 1.82) is 0 Å². The fourth-order valence-corrected chi connectivity index (χ4v) is 0.940. The van der Waals surface area contributed by atoms with Crippen molar-refractivity contribution in [1.82, 2.24) is 15.3 Å². The fourth-order valence-electron chi connectivity index (χ4n) is 0.789. The molecule has 1 amide bonds. The Balaban J connectivity index is 2.84. The highest BCUT2D eigenvalue weighted by atomic mass is 32.1. The molecule has 0 spiro atoms. The molecular weight excluding hydrogens is 190 g/mol. The highest BCUT2D eigenvalue weighted by Crippen LogP contribution is 1.85. The Labute approximate surface area is 79.2 Å². The van der Waals surface area contributed by atoms with Crippen LogP contribution in [0, 0.1) is 4.77 Å². The van der Waals surface area contributed by atoms with Crippen molar-refractivity contribution in [2.75, 3.05) is 0 Å². The van der Waals surface area contributed by atoms with Crippen molar-refractivity contribution in [2.24, 2.45) is 0 Å². The van der Waals surface area contributed by atoms with Gasteiger partial charge in [0.2, 0.25) is 5.91 Å². The van der Waals surface area contributed by atoms with Gasteiger partial charge in [0.1, 0.15) is 0 Å². The van der Waals surface area contributed by atoms with E-state index in [4.69, 9.17) is 12.2 Å². The molecule has 1 aromatic heterocycles. The summed E-state index contributed by atoms with van der Waals surface area (Å²) >= 11 is 4.70. The Morgan fingerprint density at radius 1 is 1.69 bits per heavy atom. The summed E-state index contributed by atoms with van der Waals surface area (Å²) in [4.78, 5) is 26.8. The summed E-state index contributed by atoms with van der Waals surface area (Å²) in [6.07, 6.45) is 1.48. The predicted molar refractivity (Wildman–Crippen MR) is 49.8 cm³/mol. The number of hydrogen-bond donors (Lipinski definition) is 3. The summed E-state index contributed by atoms with van der Waals surface area (Å²) in [6.45, 7) is 1.59. The van der Waals surface area contributed by atoms with Gasteiger partial charge >= 0.3 is 0 Å². The predicted octanol–water partition coefficient (Wildman–Crippen LogP) is 0.0686. The van der Waals surface area contributed by atoms with Gasteiger partial charge in [0.05, 0.1) is 5.56 Å². The molecule has 0 saturated carbocycles. The van der Waals surface area contributed by atoms with Gasteiger partial charge in [-0.1, -0.05) is 0 Å². The molecule has 1 heterocycles. The monoisotopic (exact) mass is 199 g/mol. The molecule has 0 aliphatic carbocycles. The van der Waals surface area contributed by atoms with Gasteiger partial charge in [0.15, 0.2) is 4.77 Å². The van der Waals surface area contributed by atoms with Crippen LogP contribution in [0.5, 0.6) is 0 Å². The highest BCUT2D eigenvalue weighted by molar-refractivity contribution is 7.71. The van der Waals surface area contributed by atoms with Gasteiger partial charge < -0.3 is 10.3 Å². The first-order chi connectivity index (χ1) is 6.09. The number of rotatable bonds is 2. The number of carbonyl (C=O) groups is 1. The van der Waals surface area contributed by atoms with Crippen molar-refractivity contribution < 1.29 is 4.79 Å². The second-order valence-corrected chi connectivity index (χ2v) is 2.92. The maximum atomic E-state index is 11.2. The van der Waals surface area contributed by atoms with Gasteiger partial charge in [-0.2, -0.15) is 0 Å².